The molecule has 0 spiro atoms. The quantitative estimate of drug-likeness (QED) is 0.781. The topological polar surface area (TPSA) is 66.9 Å². The van der Waals surface area contributed by atoms with Crippen LogP contribution in [0.2, 0.25) is 0 Å². The van der Waals surface area contributed by atoms with E-state index in [0.717, 1.165) is 24.5 Å². The molecule has 1 aromatic rings. The maximum atomic E-state index is 13.9. The molecule has 0 radical (unpaired) electrons. The number of sulfonamides is 1. The van der Waals surface area contributed by atoms with Gasteiger partial charge in [0, 0.05) is 38.7 Å². The largest absolute Gasteiger partial charge is 0.384 e. The summed E-state index contributed by atoms with van der Waals surface area (Å²) in [6.07, 6.45) is 1.70. The number of nitrogens with zero attached hydrogens (tertiary/aromatic N) is 2. The van der Waals surface area contributed by atoms with Crippen LogP contribution in [0, 0.1) is 23.0 Å². The van der Waals surface area contributed by atoms with E-state index in [4.69, 9.17) is 4.74 Å². The van der Waals surface area contributed by atoms with Gasteiger partial charge < -0.3 is 9.64 Å². The molecule has 0 aromatic heterocycles. The molecular weight excluding hydrogens is 366 g/mol. The molecule has 9 heteroatoms. The molecule has 26 heavy (non-hydrogen) atoms. The van der Waals surface area contributed by atoms with Crippen LogP contribution in [0.4, 0.5) is 8.78 Å². The molecule has 2 fully saturated rings. The molecule has 0 aliphatic carbocycles. The number of piperidine rings is 1. The number of rotatable bonds is 4. The Bertz CT molecular complexity index is 817. The third-order valence-corrected chi connectivity index (χ3v) is 6.66. The first kappa shape index (κ1) is 19.2. The molecule has 2 heterocycles. The summed E-state index contributed by atoms with van der Waals surface area (Å²) in [5, 5.41) is 0. The lowest BCUT2D eigenvalue weighted by atomic mass is 9.73. The van der Waals surface area contributed by atoms with Gasteiger partial charge in [-0.25, -0.2) is 21.5 Å². The minimum Gasteiger partial charge on any atom is -0.384 e. The van der Waals surface area contributed by atoms with E-state index in [-0.39, 0.29) is 30.0 Å². The number of hydrogen-bond donors (Lipinski definition) is 0. The second-order valence-corrected chi connectivity index (χ2v) is 9.16. The zero-order chi connectivity index (χ0) is 19.1. The zero-order valence-corrected chi connectivity index (χ0v) is 15.6. The Morgan fingerprint density at radius 3 is 2.73 bits per heavy atom. The summed E-state index contributed by atoms with van der Waals surface area (Å²) in [4.78, 5) is 14.1. The predicted molar refractivity (Wildman–Crippen MR) is 91.1 cm³/mol. The molecule has 0 N–H and O–H groups in total. The van der Waals surface area contributed by atoms with Crippen LogP contribution in [0.5, 0.6) is 0 Å². The van der Waals surface area contributed by atoms with Crippen molar-refractivity contribution in [1.82, 2.24) is 9.21 Å². The maximum Gasteiger partial charge on any atom is 0.256 e. The number of carbonyl (C=O) groups is 1. The lowest BCUT2D eigenvalue weighted by Gasteiger charge is -2.43. The predicted octanol–water partition coefficient (Wildman–Crippen LogP) is 1.33. The number of amides is 1. The first-order valence-corrected chi connectivity index (χ1v) is 10.2. The van der Waals surface area contributed by atoms with Crippen molar-refractivity contribution >= 4 is 15.9 Å². The monoisotopic (exact) mass is 388 g/mol. The molecule has 0 bridgehead atoms. The van der Waals surface area contributed by atoms with Gasteiger partial charge in [-0.3, -0.25) is 4.79 Å². The number of carbonyl (C=O) groups excluding carboxylic acids is 1. The molecule has 2 saturated heterocycles. The Labute approximate surface area is 151 Å². The third kappa shape index (κ3) is 3.47. The fourth-order valence-electron chi connectivity index (χ4n) is 4.03. The number of benzene rings is 1. The van der Waals surface area contributed by atoms with Crippen LogP contribution >= 0.6 is 0 Å². The van der Waals surface area contributed by atoms with E-state index in [1.807, 2.05) is 0 Å². The number of ether oxygens (including phenoxy) is 1. The van der Waals surface area contributed by atoms with Gasteiger partial charge in [0.2, 0.25) is 10.0 Å². The molecule has 2 aliphatic rings. The van der Waals surface area contributed by atoms with Crippen molar-refractivity contribution in [2.24, 2.45) is 11.3 Å². The fraction of sp³-hybridized carbons (Fsp3) is 0.588. The second-order valence-electron chi connectivity index (χ2n) is 7.17. The van der Waals surface area contributed by atoms with Gasteiger partial charge in [0.25, 0.3) is 5.91 Å². The number of hydrogen-bond acceptors (Lipinski definition) is 4. The fourth-order valence-corrected chi connectivity index (χ4v) is 4.97. The van der Waals surface area contributed by atoms with Gasteiger partial charge >= 0.3 is 0 Å². The highest BCUT2D eigenvalue weighted by atomic mass is 32.2. The third-order valence-electron chi connectivity index (χ3n) is 5.45. The molecule has 1 amide bonds. The van der Waals surface area contributed by atoms with Gasteiger partial charge in [-0.05, 0) is 30.5 Å². The Kier molecular flexibility index (Phi) is 5.06. The van der Waals surface area contributed by atoms with Gasteiger partial charge in [-0.2, -0.15) is 0 Å². The average molecular weight is 388 g/mol. The van der Waals surface area contributed by atoms with Crippen molar-refractivity contribution < 1.29 is 26.7 Å². The highest BCUT2D eigenvalue weighted by Gasteiger charge is 2.52. The number of likely N-dealkylation sites (tertiary alicyclic amines) is 1. The van der Waals surface area contributed by atoms with E-state index >= 15 is 0 Å². The van der Waals surface area contributed by atoms with Crippen molar-refractivity contribution in [3.05, 3.63) is 35.4 Å². The van der Waals surface area contributed by atoms with Crippen molar-refractivity contribution in [1.29, 1.82) is 0 Å². The molecule has 6 nitrogen and oxygen atoms in total. The van der Waals surface area contributed by atoms with Crippen molar-refractivity contribution in [3.8, 4) is 0 Å². The first-order chi connectivity index (χ1) is 12.2. The summed E-state index contributed by atoms with van der Waals surface area (Å²) in [5.74, 6) is -2.14. The van der Waals surface area contributed by atoms with E-state index in [1.54, 1.807) is 7.11 Å². The molecule has 2 aliphatic heterocycles. The minimum absolute atomic E-state index is 0.119. The summed E-state index contributed by atoms with van der Waals surface area (Å²) in [6, 6.07) is 2.79. The van der Waals surface area contributed by atoms with Crippen LogP contribution in [-0.4, -0.2) is 69.7 Å². The van der Waals surface area contributed by atoms with Crippen molar-refractivity contribution in [3.63, 3.8) is 0 Å². The summed E-state index contributed by atoms with van der Waals surface area (Å²) in [6.45, 7) is 1.65. The first-order valence-electron chi connectivity index (χ1n) is 8.35. The van der Waals surface area contributed by atoms with Crippen LogP contribution < -0.4 is 0 Å². The summed E-state index contributed by atoms with van der Waals surface area (Å²) < 4.78 is 58.0. The zero-order valence-electron chi connectivity index (χ0n) is 14.7. The highest BCUT2D eigenvalue weighted by Crippen LogP contribution is 2.44. The van der Waals surface area contributed by atoms with Crippen LogP contribution in [0.3, 0.4) is 0 Å². The Morgan fingerprint density at radius 2 is 2.08 bits per heavy atom. The minimum atomic E-state index is -3.35. The Balaban J connectivity index is 1.83. The van der Waals surface area contributed by atoms with Crippen molar-refractivity contribution in [2.45, 2.75) is 6.42 Å². The molecule has 3 rings (SSSR count). The van der Waals surface area contributed by atoms with Gasteiger partial charge in [0.1, 0.15) is 11.6 Å². The highest BCUT2D eigenvalue weighted by molar-refractivity contribution is 7.88. The SMILES string of the molecule is COC[C@@]12CCN(C(=O)c3cc(F)ccc3F)C[C@@H]1CN(S(C)(=O)=O)C2. The number of methoxy groups -OCH3 is 1. The Morgan fingerprint density at radius 1 is 1.35 bits per heavy atom. The van der Waals surface area contributed by atoms with E-state index in [2.05, 4.69) is 0 Å². The standard InChI is InChI=1S/C17H22F2N2O4S/c1-25-11-17-5-6-20(8-12(17)9-21(10-17)26(2,23)24)16(22)14-7-13(18)3-4-15(14)19/h3-4,7,12H,5-6,8-11H2,1-2H3/t12-,17+/m1/s1. The molecule has 0 saturated carbocycles. The van der Waals surface area contributed by atoms with Crippen LogP contribution in [0.25, 0.3) is 0 Å². The second kappa shape index (κ2) is 6.86. The van der Waals surface area contributed by atoms with E-state index in [1.165, 1.54) is 9.21 Å². The lowest BCUT2D eigenvalue weighted by Crippen LogP contribution is -2.51. The van der Waals surface area contributed by atoms with Crippen LogP contribution in [-0.2, 0) is 14.8 Å². The maximum absolute atomic E-state index is 13.9. The van der Waals surface area contributed by atoms with Crippen molar-refractivity contribution in [2.75, 3.05) is 46.2 Å². The van der Waals surface area contributed by atoms with Gasteiger partial charge in [0.15, 0.2) is 0 Å². The molecular formula is C17H22F2N2O4S. The molecule has 0 unspecified atom stereocenters. The van der Waals surface area contributed by atoms with Crippen LogP contribution in [0.15, 0.2) is 18.2 Å². The lowest BCUT2D eigenvalue weighted by molar-refractivity contribution is 0.00326. The average Bonchev–Trinajstić information content (AvgIpc) is 2.95. The van der Waals surface area contributed by atoms with Gasteiger partial charge in [0.05, 0.1) is 18.4 Å². The van der Waals surface area contributed by atoms with Gasteiger partial charge in [-0.1, -0.05) is 0 Å². The number of halogens is 2. The van der Waals surface area contributed by atoms with Gasteiger partial charge in [-0.15, -0.1) is 0 Å². The summed E-state index contributed by atoms with van der Waals surface area (Å²) in [5.41, 5.74) is -0.669. The van der Waals surface area contributed by atoms with E-state index in [9.17, 15) is 22.0 Å². The molecule has 144 valence electrons. The van der Waals surface area contributed by atoms with E-state index < -0.39 is 27.6 Å². The number of fused-ring (bicyclic) bond motifs is 1. The molecule has 2 atom stereocenters. The van der Waals surface area contributed by atoms with E-state index in [0.29, 0.717) is 26.1 Å². The normalized spacial score (nSPS) is 26.8. The Hall–Kier alpha value is -1.58. The summed E-state index contributed by atoms with van der Waals surface area (Å²) >= 11 is 0. The van der Waals surface area contributed by atoms with Crippen LogP contribution in [0.1, 0.15) is 16.8 Å². The molecule has 1 aromatic carbocycles. The smallest absolute Gasteiger partial charge is 0.256 e. The summed E-state index contributed by atoms with van der Waals surface area (Å²) in [7, 11) is -1.79.